The minimum Gasteiger partial charge on any atom is -0.299 e. The second-order valence-electron chi connectivity index (χ2n) is 3.40. The van der Waals surface area contributed by atoms with Gasteiger partial charge in [0.1, 0.15) is 5.78 Å². The Kier molecular flexibility index (Phi) is 3.02. The second-order valence-corrected chi connectivity index (χ2v) is 3.40. The van der Waals surface area contributed by atoms with Crippen LogP contribution >= 0.6 is 0 Å². The molecule has 1 aromatic heterocycles. The summed E-state index contributed by atoms with van der Waals surface area (Å²) in [4.78, 5) is 11.3. The van der Waals surface area contributed by atoms with Gasteiger partial charge in [-0.25, -0.2) is 0 Å². The molecule has 0 saturated carbocycles. The number of rotatable bonds is 4. The predicted octanol–water partition coefficient (Wildman–Crippen LogP) is 1.57. The highest BCUT2D eigenvalue weighted by atomic mass is 16.1. The van der Waals surface area contributed by atoms with Crippen LogP contribution in [0, 0.1) is 5.92 Å². The number of Topliss-reactive ketones (excluding diaryl/α,β-unsaturated/α-hetero) is 1. The number of nitrogens with one attached hydrogen (secondary N) is 1. The Labute approximate surface area is 72.2 Å². The van der Waals surface area contributed by atoms with E-state index in [0.717, 1.165) is 5.69 Å². The van der Waals surface area contributed by atoms with Crippen molar-refractivity contribution in [1.82, 2.24) is 10.2 Å². The number of ketones is 1. The molecule has 66 valence electrons. The lowest BCUT2D eigenvalue weighted by molar-refractivity contribution is -0.119. The molecule has 3 heteroatoms. The highest BCUT2D eigenvalue weighted by molar-refractivity contribution is 5.80. The van der Waals surface area contributed by atoms with Crippen LogP contribution < -0.4 is 0 Å². The molecule has 0 aliphatic rings. The van der Waals surface area contributed by atoms with Gasteiger partial charge in [0.15, 0.2) is 0 Å². The minimum atomic E-state index is 0.272. The molecular weight excluding hydrogens is 152 g/mol. The number of H-pyrrole nitrogens is 1. The number of hydrogen-bond donors (Lipinski definition) is 1. The van der Waals surface area contributed by atoms with Crippen LogP contribution in [0.2, 0.25) is 0 Å². The molecule has 0 saturated heterocycles. The summed E-state index contributed by atoms with van der Waals surface area (Å²) in [5.74, 6) is 0.717. The fourth-order valence-electron chi connectivity index (χ4n) is 1.12. The normalized spacial score (nSPS) is 10.6. The maximum absolute atomic E-state index is 11.3. The van der Waals surface area contributed by atoms with Gasteiger partial charge in [-0.3, -0.25) is 9.89 Å². The Hall–Kier alpha value is -1.12. The van der Waals surface area contributed by atoms with Gasteiger partial charge in [-0.15, -0.1) is 0 Å². The number of hydrogen-bond acceptors (Lipinski definition) is 2. The van der Waals surface area contributed by atoms with E-state index in [1.807, 2.05) is 19.9 Å². The molecule has 3 nitrogen and oxygen atoms in total. The lowest BCUT2D eigenvalue weighted by atomic mass is 10.0. The lowest BCUT2D eigenvalue weighted by Gasteiger charge is -2.01. The van der Waals surface area contributed by atoms with E-state index < -0.39 is 0 Å². The van der Waals surface area contributed by atoms with Crippen molar-refractivity contribution in [2.75, 3.05) is 0 Å². The number of aromatic amines is 1. The third-order valence-corrected chi connectivity index (χ3v) is 1.58. The molecule has 1 aromatic rings. The first kappa shape index (κ1) is 8.97. The average Bonchev–Trinajstić information content (AvgIpc) is 2.37. The van der Waals surface area contributed by atoms with Crippen LogP contribution in [-0.2, 0) is 11.2 Å². The van der Waals surface area contributed by atoms with Gasteiger partial charge in [-0.2, -0.15) is 5.10 Å². The Morgan fingerprint density at radius 3 is 2.92 bits per heavy atom. The highest BCUT2D eigenvalue weighted by Gasteiger charge is 2.06. The quantitative estimate of drug-likeness (QED) is 0.737. The first-order valence-electron chi connectivity index (χ1n) is 4.18. The molecule has 12 heavy (non-hydrogen) atoms. The van der Waals surface area contributed by atoms with E-state index in [9.17, 15) is 4.79 Å². The Morgan fingerprint density at radius 1 is 1.67 bits per heavy atom. The SMILES string of the molecule is CC(C)CC(=O)Cc1ccn[nH]1. The first-order valence-corrected chi connectivity index (χ1v) is 4.18. The third kappa shape index (κ3) is 2.86. The smallest absolute Gasteiger partial charge is 0.139 e. The summed E-state index contributed by atoms with van der Waals surface area (Å²) in [6.45, 7) is 4.09. The lowest BCUT2D eigenvalue weighted by Crippen LogP contribution is -2.06. The first-order chi connectivity index (χ1) is 5.68. The minimum absolute atomic E-state index is 0.272. The molecular formula is C9H14N2O. The second kappa shape index (κ2) is 4.04. The van der Waals surface area contributed by atoms with Crippen molar-refractivity contribution >= 4 is 5.78 Å². The van der Waals surface area contributed by atoms with Crippen molar-refractivity contribution in [3.05, 3.63) is 18.0 Å². The van der Waals surface area contributed by atoms with Gasteiger partial charge in [0.05, 0.1) is 0 Å². The zero-order chi connectivity index (χ0) is 8.97. The van der Waals surface area contributed by atoms with E-state index >= 15 is 0 Å². The fourth-order valence-corrected chi connectivity index (χ4v) is 1.12. The van der Waals surface area contributed by atoms with Crippen molar-refractivity contribution in [1.29, 1.82) is 0 Å². The highest BCUT2D eigenvalue weighted by Crippen LogP contribution is 2.04. The topological polar surface area (TPSA) is 45.8 Å². The van der Waals surface area contributed by atoms with Crippen LogP contribution in [0.3, 0.4) is 0 Å². The number of aromatic nitrogens is 2. The fraction of sp³-hybridized carbons (Fsp3) is 0.556. The average molecular weight is 166 g/mol. The molecule has 0 unspecified atom stereocenters. The van der Waals surface area contributed by atoms with Crippen molar-refractivity contribution in [2.24, 2.45) is 5.92 Å². The van der Waals surface area contributed by atoms with Gasteiger partial charge < -0.3 is 0 Å². The number of carbonyl (C=O) groups is 1. The van der Waals surface area contributed by atoms with Gasteiger partial charge in [0, 0.05) is 24.7 Å². The van der Waals surface area contributed by atoms with Crippen LogP contribution in [0.15, 0.2) is 12.3 Å². The maximum Gasteiger partial charge on any atom is 0.139 e. The van der Waals surface area contributed by atoms with E-state index in [-0.39, 0.29) is 5.78 Å². The summed E-state index contributed by atoms with van der Waals surface area (Å²) in [6, 6.07) is 1.83. The Morgan fingerprint density at radius 2 is 2.42 bits per heavy atom. The maximum atomic E-state index is 11.3. The summed E-state index contributed by atoms with van der Waals surface area (Å²) in [7, 11) is 0. The molecule has 0 amide bonds. The van der Waals surface area contributed by atoms with Gasteiger partial charge in [-0.05, 0) is 12.0 Å². The molecule has 1 rings (SSSR count). The van der Waals surface area contributed by atoms with E-state index in [2.05, 4.69) is 10.2 Å². The summed E-state index contributed by atoms with van der Waals surface area (Å²) in [6.07, 6.45) is 2.80. The van der Waals surface area contributed by atoms with Crippen molar-refractivity contribution < 1.29 is 4.79 Å². The monoisotopic (exact) mass is 166 g/mol. The summed E-state index contributed by atoms with van der Waals surface area (Å²) in [5.41, 5.74) is 0.903. The van der Waals surface area contributed by atoms with Crippen LogP contribution in [0.25, 0.3) is 0 Å². The standard InChI is InChI=1S/C9H14N2O/c1-7(2)5-9(12)6-8-3-4-10-11-8/h3-4,7H,5-6H2,1-2H3,(H,10,11). The molecule has 1 N–H and O–H groups in total. The zero-order valence-electron chi connectivity index (χ0n) is 7.50. The molecule has 1 heterocycles. The van der Waals surface area contributed by atoms with Gasteiger partial charge >= 0.3 is 0 Å². The number of nitrogens with zero attached hydrogens (tertiary/aromatic N) is 1. The predicted molar refractivity (Wildman–Crippen MR) is 46.8 cm³/mol. The molecule has 0 fully saturated rings. The summed E-state index contributed by atoms with van der Waals surface area (Å²) >= 11 is 0. The van der Waals surface area contributed by atoms with Crippen molar-refractivity contribution in [2.45, 2.75) is 26.7 Å². The van der Waals surface area contributed by atoms with Crippen molar-refractivity contribution in [3.8, 4) is 0 Å². The molecule has 0 aromatic carbocycles. The van der Waals surface area contributed by atoms with E-state index in [0.29, 0.717) is 18.8 Å². The van der Waals surface area contributed by atoms with E-state index in [1.165, 1.54) is 0 Å². The van der Waals surface area contributed by atoms with Gasteiger partial charge in [-0.1, -0.05) is 13.8 Å². The van der Waals surface area contributed by atoms with Gasteiger partial charge in [0.25, 0.3) is 0 Å². The Balaban J connectivity index is 2.37. The largest absolute Gasteiger partial charge is 0.299 e. The summed E-state index contributed by atoms with van der Waals surface area (Å²) in [5, 5.41) is 6.55. The summed E-state index contributed by atoms with van der Waals surface area (Å²) < 4.78 is 0. The molecule has 0 radical (unpaired) electrons. The van der Waals surface area contributed by atoms with Crippen molar-refractivity contribution in [3.63, 3.8) is 0 Å². The molecule has 0 spiro atoms. The molecule has 0 atom stereocenters. The van der Waals surface area contributed by atoms with E-state index in [1.54, 1.807) is 6.20 Å². The van der Waals surface area contributed by atoms with Crippen LogP contribution in [0.5, 0.6) is 0 Å². The van der Waals surface area contributed by atoms with Crippen LogP contribution in [0.1, 0.15) is 26.0 Å². The van der Waals surface area contributed by atoms with Crippen LogP contribution in [-0.4, -0.2) is 16.0 Å². The van der Waals surface area contributed by atoms with Crippen LogP contribution in [0.4, 0.5) is 0 Å². The zero-order valence-corrected chi connectivity index (χ0v) is 7.50. The molecule has 0 aliphatic heterocycles. The third-order valence-electron chi connectivity index (χ3n) is 1.58. The Bertz CT molecular complexity index is 239. The van der Waals surface area contributed by atoms with Gasteiger partial charge in [0.2, 0.25) is 0 Å². The molecule has 0 bridgehead atoms. The molecule has 0 aliphatic carbocycles. The number of carbonyl (C=O) groups excluding carboxylic acids is 1. The van der Waals surface area contributed by atoms with E-state index in [4.69, 9.17) is 0 Å².